The van der Waals surface area contributed by atoms with Gasteiger partial charge in [-0.1, -0.05) is 18.2 Å². The maximum atomic E-state index is 12.2. The summed E-state index contributed by atoms with van der Waals surface area (Å²) in [6.45, 7) is 4.61. The highest BCUT2D eigenvalue weighted by molar-refractivity contribution is 5.97. The third kappa shape index (κ3) is 4.37. The van der Waals surface area contributed by atoms with Gasteiger partial charge in [0.15, 0.2) is 6.61 Å². The van der Waals surface area contributed by atoms with Gasteiger partial charge in [0, 0.05) is 13.2 Å². The summed E-state index contributed by atoms with van der Waals surface area (Å²) in [5.74, 6) is 3.21. The summed E-state index contributed by atoms with van der Waals surface area (Å²) in [5, 5.41) is 4.41. The molecule has 33 heavy (non-hydrogen) atoms. The van der Waals surface area contributed by atoms with E-state index in [1.807, 2.05) is 50.5 Å². The monoisotopic (exact) mass is 446 g/mol. The van der Waals surface area contributed by atoms with Crippen LogP contribution >= 0.6 is 0 Å². The largest absolute Gasteiger partial charge is 0.493 e. The molecule has 0 bridgehead atoms. The minimum atomic E-state index is -0.0187. The molecule has 7 heteroatoms. The van der Waals surface area contributed by atoms with Gasteiger partial charge >= 0.3 is 0 Å². The van der Waals surface area contributed by atoms with Gasteiger partial charge in [0.05, 0.1) is 23.2 Å². The van der Waals surface area contributed by atoms with Crippen molar-refractivity contribution in [1.82, 2.24) is 15.3 Å². The summed E-state index contributed by atoms with van der Waals surface area (Å²) in [6.07, 6.45) is 4.94. The number of aromatic nitrogens is 2. The summed E-state index contributed by atoms with van der Waals surface area (Å²) in [4.78, 5) is 22.7. The number of rotatable bonds is 6. The minimum absolute atomic E-state index is 0.0187. The first-order valence-electron chi connectivity index (χ1n) is 11.7. The first-order valence-corrected chi connectivity index (χ1v) is 11.7. The highest BCUT2D eigenvalue weighted by Crippen LogP contribution is 2.44. The highest BCUT2D eigenvalue weighted by atomic mass is 16.5. The molecule has 1 atom stereocenters. The van der Waals surface area contributed by atoms with E-state index >= 15 is 0 Å². The molecule has 1 aromatic heterocycles. The molecule has 7 nitrogen and oxygen atoms in total. The zero-order valence-electron chi connectivity index (χ0n) is 19.2. The van der Waals surface area contributed by atoms with Crippen molar-refractivity contribution in [3.8, 4) is 11.5 Å². The number of carbonyl (C=O) groups is 1. The lowest BCUT2D eigenvalue weighted by Crippen LogP contribution is -2.36. The van der Waals surface area contributed by atoms with Crippen LogP contribution in [0.2, 0.25) is 0 Å². The summed E-state index contributed by atoms with van der Waals surface area (Å²) < 4.78 is 12.3. The van der Waals surface area contributed by atoms with Gasteiger partial charge in [0.25, 0.3) is 5.91 Å². The molecule has 0 saturated carbocycles. The smallest absolute Gasteiger partial charge is 0.264 e. The van der Waals surface area contributed by atoms with Crippen LogP contribution in [0, 0.1) is 12.8 Å². The Morgan fingerprint density at radius 1 is 1.21 bits per heavy atom. The molecule has 3 heterocycles. The molecule has 0 spiro atoms. The molecule has 1 N–H and O–H groups in total. The van der Waals surface area contributed by atoms with Gasteiger partial charge in [0.1, 0.15) is 17.3 Å². The number of hydrogen-bond acceptors (Lipinski definition) is 6. The summed E-state index contributed by atoms with van der Waals surface area (Å²) >= 11 is 0. The first kappa shape index (κ1) is 21.6. The first-order chi connectivity index (χ1) is 16.1. The number of piperidine rings is 1. The predicted octanol–water partition coefficient (Wildman–Crippen LogP) is 3.85. The van der Waals surface area contributed by atoms with Gasteiger partial charge in [0.2, 0.25) is 0 Å². The molecule has 172 valence electrons. The highest BCUT2D eigenvalue weighted by Gasteiger charge is 2.31. The van der Waals surface area contributed by atoms with Crippen LogP contribution in [0.5, 0.6) is 11.5 Å². The number of likely N-dealkylation sites (N-methyl/N-ethyl adjacent to an activating group) is 1. The van der Waals surface area contributed by atoms with E-state index in [2.05, 4.69) is 21.4 Å². The molecule has 0 radical (unpaired) electrons. The van der Waals surface area contributed by atoms with Crippen molar-refractivity contribution in [3.63, 3.8) is 0 Å². The number of para-hydroxylation sites is 1. The van der Waals surface area contributed by atoms with Gasteiger partial charge in [-0.3, -0.25) is 4.79 Å². The Morgan fingerprint density at radius 3 is 2.88 bits per heavy atom. The van der Waals surface area contributed by atoms with Crippen LogP contribution in [0.4, 0.5) is 5.69 Å². The van der Waals surface area contributed by atoms with Crippen LogP contribution in [-0.4, -0.2) is 49.2 Å². The number of hydrogen-bond donors (Lipinski definition) is 1. The number of nitrogens with one attached hydrogen (secondary N) is 1. The Labute approximate surface area is 194 Å². The van der Waals surface area contributed by atoms with E-state index in [4.69, 9.17) is 9.47 Å². The van der Waals surface area contributed by atoms with Crippen LogP contribution in [0.25, 0.3) is 10.9 Å². The minimum Gasteiger partial charge on any atom is -0.493 e. The van der Waals surface area contributed by atoms with Crippen LogP contribution < -0.4 is 19.7 Å². The quantitative estimate of drug-likeness (QED) is 0.620. The maximum Gasteiger partial charge on any atom is 0.264 e. The van der Waals surface area contributed by atoms with E-state index < -0.39 is 0 Å². The number of aryl methyl sites for hydroxylation is 1. The fourth-order valence-electron chi connectivity index (χ4n) is 5.05. The fourth-order valence-corrected chi connectivity index (χ4v) is 5.05. The van der Waals surface area contributed by atoms with Crippen molar-refractivity contribution in [2.75, 3.05) is 38.3 Å². The second-order valence-corrected chi connectivity index (χ2v) is 8.87. The lowest BCUT2D eigenvalue weighted by atomic mass is 9.78. The topological polar surface area (TPSA) is 76.6 Å². The Hall–Kier alpha value is -3.19. The zero-order chi connectivity index (χ0) is 22.8. The Kier molecular flexibility index (Phi) is 6.13. The van der Waals surface area contributed by atoms with Crippen molar-refractivity contribution < 1.29 is 14.3 Å². The maximum absolute atomic E-state index is 12.2. The molecule has 1 saturated heterocycles. The van der Waals surface area contributed by atoms with Crippen molar-refractivity contribution >= 4 is 22.5 Å². The normalized spacial score (nSPS) is 17.5. The molecular formula is C26H30N4O3. The van der Waals surface area contributed by atoms with E-state index in [0.29, 0.717) is 12.5 Å². The van der Waals surface area contributed by atoms with Gasteiger partial charge in [-0.25, -0.2) is 9.97 Å². The second kappa shape index (κ2) is 9.35. The third-order valence-corrected chi connectivity index (χ3v) is 6.84. The third-order valence-electron chi connectivity index (χ3n) is 6.84. The Bertz CT molecular complexity index is 1160. The van der Waals surface area contributed by atoms with E-state index in [9.17, 15) is 4.79 Å². The lowest BCUT2D eigenvalue weighted by Gasteiger charge is -2.34. The summed E-state index contributed by atoms with van der Waals surface area (Å²) in [7, 11) is 1.82. The Morgan fingerprint density at radius 2 is 2.03 bits per heavy atom. The van der Waals surface area contributed by atoms with Gasteiger partial charge in [-0.15, -0.1) is 0 Å². The van der Waals surface area contributed by atoms with Gasteiger partial charge in [-0.05, 0) is 74.9 Å². The van der Waals surface area contributed by atoms with Crippen LogP contribution in [0.15, 0.2) is 42.6 Å². The number of anilines is 1. The number of amides is 1. The van der Waals surface area contributed by atoms with E-state index in [0.717, 1.165) is 66.3 Å². The molecule has 1 fully saturated rings. The number of carbonyl (C=O) groups excluding carboxylic acids is 1. The van der Waals surface area contributed by atoms with Crippen LogP contribution in [-0.2, 0) is 4.79 Å². The van der Waals surface area contributed by atoms with Crippen molar-refractivity contribution in [3.05, 3.63) is 54.0 Å². The number of nitrogens with zero attached hydrogens (tertiary/aromatic N) is 3. The molecule has 3 aromatic rings. The fraction of sp³-hybridized carbons (Fsp3) is 0.423. The van der Waals surface area contributed by atoms with Gasteiger partial charge in [-0.2, -0.15) is 0 Å². The van der Waals surface area contributed by atoms with Crippen LogP contribution in [0.1, 0.15) is 36.6 Å². The molecule has 5 rings (SSSR count). The van der Waals surface area contributed by atoms with Crippen LogP contribution in [0.3, 0.4) is 0 Å². The average molecular weight is 447 g/mol. The van der Waals surface area contributed by atoms with Gasteiger partial charge < -0.3 is 19.7 Å². The standard InChI is InChI=1S/C26H30N4O3/c1-17-28-15-21-22(29-17)6-4-8-24(21)32-14-11-19(18-9-12-27-13-10-18)20-5-3-7-23-26(20)33-16-25(31)30(23)2/h3-8,15,18-19,27H,9-14,16H2,1-2H3. The molecular weight excluding hydrogens is 416 g/mol. The van der Waals surface area contributed by atoms with Crippen molar-refractivity contribution in [1.29, 1.82) is 0 Å². The van der Waals surface area contributed by atoms with E-state index in [-0.39, 0.29) is 18.4 Å². The lowest BCUT2D eigenvalue weighted by molar-refractivity contribution is -0.121. The van der Waals surface area contributed by atoms with Crippen molar-refractivity contribution in [2.24, 2.45) is 5.92 Å². The summed E-state index contributed by atoms with van der Waals surface area (Å²) in [5.41, 5.74) is 2.93. The predicted molar refractivity (Wildman–Crippen MR) is 128 cm³/mol. The SMILES string of the molecule is Cc1ncc2c(OCCC(c3cccc4c3OCC(=O)N4C)C3CCNCC3)cccc2n1. The molecule has 2 aromatic carbocycles. The number of benzene rings is 2. The molecule has 0 aliphatic carbocycles. The average Bonchev–Trinajstić information content (AvgIpc) is 2.84. The molecule has 2 aliphatic rings. The summed E-state index contributed by atoms with van der Waals surface area (Å²) in [6, 6.07) is 12.1. The Balaban J connectivity index is 1.40. The second-order valence-electron chi connectivity index (χ2n) is 8.87. The molecule has 1 unspecified atom stereocenters. The van der Waals surface area contributed by atoms with E-state index in [1.54, 1.807) is 4.90 Å². The molecule has 1 amide bonds. The zero-order valence-corrected chi connectivity index (χ0v) is 19.2. The van der Waals surface area contributed by atoms with Crippen molar-refractivity contribution in [2.45, 2.75) is 32.1 Å². The number of fused-ring (bicyclic) bond motifs is 2. The molecule has 2 aliphatic heterocycles. The van der Waals surface area contributed by atoms with E-state index in [1.165, 1.54) is 5.56 Å². The number of ether oxygens (including phenoxy) is 2.